The lowest BCUT2D eigenvalue weighted by Gasteiger charge is -2.27. The molecule has 7 N–H and O–H groups in total. The Hall–Kier alpha value is -3.86. The number of imidazole rings is 1. The van der Waals surface area contributed by atoms with Crippen LogP contribution in [0.15, 0.2) is 30.6 Å². The third-order valence-electron chi connectivity index (χ3n) is 6.97. The van der Waals surface area contributed by atoms with Crippen LogP contribution in [0, 0.1) is 0 Å². The van der Waals surface area contributed by atoms with E-state index < -0.39 is 56.4 Å². The van der Waals surface area contributed by atoms with Crippen LogP contribution in [0.25, 0.3) is 11.2 Å². The molecular weight excluding hydrogens is 613 g/mol. The number of carbonyl (C=O) groups is 2. The van der Waals surface area contributed by atoms with E-state index in [2.05, 4.69) is 20.0 Å². The Balaban J connectivity index is 1.57. The number of fused-ring (bicyclic) bond motifs is 1. The summed E-state index contributed by atoms with van der Waals surface area (Å²) in [5.74, 6) is -1.14. The Morgan fingerprint density at radius 2 is 1.91 bits per heavy atom. The van der Waals surface area contributed by atoms with Crippen molar-refractivity contribution in [1.82, 2.24) is 24.6 Å². The number of aromatic nitrogens is 4. The zero-order chi connectivity index (χ0) is 32.9. The molecule has 0 spiro atoms. The van der Waals surface area contributed by atoms with Gasteiger partial charge in [0.1, 0.15) is 35.1 Å². The maximum atomic E-state index is 14.2. The molecule has 2 aromatic heterocycles. The fourth-order valence-electron chi connectivity index (χ4n) is 4.72. The summed E-state index contributed by atoms with van der Waals surface area (Å²) in [6, 6.07) is 5.41. The van der Waals surface area contributed by atoms with Crippen molar-refractivity contribution >= 4 is 42.6 Å². The fourth-order valence-corrected chi connectivity index (χ4v) is 6.26. The molecule has 1 aliphatic rings. The highest BCUT2D eigenvalue weighted by molar-refractivity contribution is 7.52. The molecule has 1 aromatic carbocycles. The van der Waals surface area contributed by atoms with E-state index in [1.54, 1.807) is 32.0 Å². The van der Waals surface area contributed by atoms with Crippen molar-refractivity contribution < 1.29 is 47.6 Å². The lowest BCUT2D eigenvalue weighted by Crippen LogP contribution is -2.44. The van der Waals surface area contributed by atoms with E-state index in [4.69, 9.17) is 34.7 Å². The second-order valence-corrected chi connectivity index (χ2v) is 12.1. The number of nitrogens with one attached hydrogen (secondary N) is 1. The van der Waals surface area contributed by atoms with Crippen molar-refractivity contribution in [3.05, 3.63) is 36.2 Å². The van der Waals surface area contributed by atoms with E-state index in [-0.39, 0.29) is 54.7 Å². The third-order valence-corrected chi connectivity index (χ3v) is 8.60. The van der Waals surface area contributed by atoms with Crippen LogP contribution < -0.4 is 21.1 Å². The minimum atomic E-state index is -4.43. The zero-order valence-electron chi connectivity index (χ0n) is 25.3. The van der Waals surface area contributed by atoms with Gasteiger partial charge in [-0.05, 0) is 45.7 Å². The number of ether oxygens (including phenoxy) is 3. The molecule has 17 nitrogen and oxygen atoms in total. The summed E-state index contributed by atoms with van der Waals surface area (Å²) >= 11 is 0. The van der Waals surface area contributed by atoms with Gasteiger partial charge in [0.25, 0.3) is 0 Å². The highest BCUT2D eigenvalue weighted by Gasteiger charge is 2.54. The molecule has 0 radical (unpaired) electrons. The molecule has 0 aliphatic carbocycles. The molecule has 3 heterocycles. The standard InChI is InChI=1S/C27H38N7O10P/c1-5-40-19(35)12-11-16-9-7-8-10-17(16)44-45(39,33-15(3)24(37)41-6-2)42-13-18-21(36)27(4,38)25(43-18)34-14-30-20-22(28)31-26(29)32-23(20)34/h7-10,14-15,18,21,25,36,38H,5-6,11-13H2,1-4H3,(H,33,39)(H4,28,29,31,32)/t15-,18+,21-,25+,27+,45+/m0/s1. The van der Waals surface area contributed by atoms with Gasteiger partial charge in [0, 0.05) is 6.42 Å². The second-order valence-electron chi connectivity index (χ2n) is 10.4. The Bertz CT molecular complexity index is 1570. The molecule has 246 valence electrons. The molecule has 18 heteroatoms. The molecule has 1 saturated heterocycles. The number of nitrogens with zero attached hydrogens (tertiary/aromatic N) is 4. The molecule has 4 rings (SSSR count). The number of esters is 2. The number of carbonyl (C=O) groups excluding carboxylic acids is 2. The molecule has 0 bridgehead atoms. The number of hydrogen-bond acceptors (Lipinski definition) is 15. The Kier molecular flexibility index (Phi) is 10.6. The number of benzene rings is 1. The number of aliphatic hydroxyl groups is 2. The molecule has 0 saturated carbocycles. The Morgan fingerprint density at radius 1 is 1.20 bits per heavy atom. The lowest BCUT2D eigenvalue weighted by molar-refractivity contribution is -0.145. The van der Waals surface area contributed by atoms with Gasteiger partial charge in [-0.2, -0.15) is 15.1 Å². The van der Waals surface area contributed by atoms with Crippen LogP contribution in [0.2, 0.25) is 0 Å². The summed E-state index contributed by atoms with van der Waals surface area (Å²) < 4.78 is 43.1. The second kappa shape index (κ2) is 14.1. The molecule has 1 fully saturated rings. The third kappa shape index (κ3) is 7.69. The van der Waals surface area contributed by atoms with Crippen LogP contribution in [0.4, 0.5) is 11.8 Å². The van der Waals surface area contributed by atoms with Crippen molar-refractivity contribution in [3.8, 4) is 5.75 Å². The average molecular weight is 652 g/mol. The van der Waals surface area contributed by atoms with E-state index in [1.165, 1.54) is 30.8 Å². The van der Waals surface area contributed by atoms with E-state index in [0.29, 0.717) is 5.56 Å². The van der Waals surface area contributed by atoms with E-state index in [0.717, 1.165) is 0 Å². The maximum absolute atomic E-state index is 14.2. The first-order valence-corrected chi connectivity index (χ1v) is 15.8. The van der Waals surface area contributed by atoms with Crippen molar-refractivity contribution in [2.24, 2.45) is 0 Å². The largest absolute Gasteiger partial charge is 0.466 e. The number of nitrogen functional groups attached to an aromatic ring is 2. The van der Waals surface area contributed by atoms with E-state index in [9.17, 15) is 24.4 Å². The predicted molar refractivity (Wildman–Crippen MR) is 160 cm³/mol. The van der Waals surface area contributed by atoms with E-state index >= 15 is 0 Å². The van der Waals surface area contributed by atoms with Crippen LogP contribution in [0.3, 0.4) is 0 Å². The van der Waals surface area contributed by atoms with Crippen LogP contribution in [-0.4, -0.2) is 85.3 Å². The minimum Gasteiger partial charge on any atom is -0.466 e. The highest BCUT2D eigenvalue weighted by atomic mass is 31.2. The summed E-state index contributed by atoms with van der Waals surface area (Å²) in [6.07, 6.45) is -2.53. The molecule has 3 aromatic rings. The maximum Gasteiger partial charge on any atom is 0.459 e. The zero-order valence-corrected chi connectivity index (χ0v) is 26.2. The van der Waals surface area contributed by atoms with Gasteiger partial charge in [0.15, 0.2) is 17.7 Å². The summed E-state index contributed by atoms with van der Waals surface area (Å²) in [6.45, 7) is 5.81. The first kappa shape index (κ1) is 34.0. The van der Waals surface area contributed by atoms with Crippen molar-refractivity contribution in [2.75, 3.05) is 31.3 Å². The lowest BCUT2D eigenvalue weighted by atomic mass is 9.96. The average Bonchev–Trinajstić information content (AvgIpc) is 3.49. The van der Waals surface area contributed by atoms with Gasteiger partial charge in [-0.3, -0.25) is 18.7 Å². The smallest absolute Gasteiger partial charge is 0.459 e. The van der Waals surface area contributed by atoms with E-state index in [1.807, 2.05) is 0 Å². The first-order valence-electron chi connectivity index (χ1n) is 14.2. The number of rotatable bonds is 14. The van der Waals surface area contributed by atoms with Gasteiger partial charge in [0.05, 0.1) is 26.1 Å². The van der Waals surface area contributed by atoms with Crippen LogP contribution in [-0.2, 0) is 39.3 Å². The summed E-state index contributed by atoms with van der Waals surface area (Å²) in [4.78, 5) is 36.5. The minimum absolute atomic E-state index is 0.0109. The van der Waals surface area contributed by atoms with Gasteiger partial charge in [-0.15, -0.1) is 0 Å². The van der Waals surface area contributed by atoms with Crippen LogP contribution in [0.1, 0.15) is 45.9 Å². The quantitative estimate of drug-likeness (QED) is 0.122. The predicted octanol–water partition coefficient (Wildman–Crippen LogP) is 1.24. The molecule has 0 amide bonds. The van der Waals surface area contributed by atoms with Crippen molar-refractivity contribution in [2.45, 2.75) is 70.6 Å². The molecule has 45 heavy (non-hydrogen) atoms. The Morgan fingerprint density at radius 3 is 2.62 bits per heavy atom. The molecular formula is C27H38N7O10P. The monoisotopic (exact) mass is 651 g/mol. The summed E-state index contributed by atoms with van der Waals surface area (Å²) in [5, 5.41) is 24.9. The molecule has 6 atom stereocenters. The molecule has 1 aliphatic heterocycles. The van der Waals surface area contributed by atoms with Crippen molar-refractivity contribution in [3.63, 3.8) is 0 Å². The van der Waals surface area contributed by atoms with Crippen LogP contribution >= 0.6 is 7.75 Å². The first-order chi connectivity index (χ1) is 21.3. The summed E-state index contributed by atoms with van der Waals surface area (Å²) in [5.41, 5.74) is 10.6. The number of aryl methyl sites for hydroxylation is 1. The van der Waals surface area contributed by atoms with Crippen molar-refractivity contribution in [1.29, 1.82) is 0 Å². The van der Waals surface area contributed by atoms with Gasteiger partial charge in [-0.25, -0.2) is 9.55 Å². The number of para-hydroxylation sites is 1. The highest BCUT2D eigenvalue weighted by Crippen LogP contribution is 2.48. The molecule has 0 unspecified atom stereocenters. The van der Waals surface area contributed by atoms with Gasteiger partial charge in [0.2, 0.25) is 5.95 Å². The van der Waals surface area contributed by atoms with Gasteiger partial charge >= 0.3 is 19.7 Å². The SMILES string of the molecule is CCOC(=O)CCc1ccccc1O[P@@](=O)(N[C@@H](C)C(=O)OCC)OC[C@H]1O[C@@H](n2cnc3c(N)nc(N)nc32)[C@](C)(O)[C@H]1O. The normalized spacial score (nSPS) is 23.4. The fraction of sp³-hybridized carbons (Fsp3) is 0.519. The Labute approximate surface area is 258 Å². The number of anilines is 2. The number of nitrogens with two attached hydrogens (primary N) is 2. The number of hydrogen-bond donors (Lipinski definition) is 5. The number of aliphatic hydroxyl groups excluding tert-OH is 1. The van der Waals surface area contributed by atoms with Gasteiger partial charge < -0.3 is 40.4 Å². The topological polar surface area (TPSA) is 245 Å². The summed E-state index contributed by atoms with van der Waals surface area (Å²) in [7, 11) is -4.43. The van der Waals surface area contributed by atoms with Gasteiger partial charge in [-0.1, -0.05) is 18.2 Å². The van der Waals surface area contributed by atoms with Crippen LogP contribution in [0.5, 0.6) is 5.75 Å².